The van der Waals surface area contributed by atoms with E-state index in [-0.39, 0.29) is 39.8 Å². The number of hydrogen-bond acceptors (Lipinski definition) is 8. The standard InChI is InChI=1S/C29H33N3O8S2/c1-19-5-6-20(2)26(17-19)41(35,36)31-24-11-8-23(9-12-24)29(34)40-22(4)28(33)30-25-10-7-21(3)27(18-25)42(37,38)32-13-15-39-16-14-32/h5-12,17-18,22,31H,13-16H2,1-4H3,(H,30,33)/t22-/m1/s1. The molecule has 1 atom stereocenters. The van der Waals surface area contributed by atoms with E-state index in [1.165, 1.54) is 41.6 Å². The number of ether oxygens (including phenoxy) is 2. The first-order valence-electron chi connectivity index (χ1n) is 13.2. The van der Waals surface area contributed by atoms with Crippen LogP contribution in [0.1, 0.15) is 34.0 Å². The van der Waals surface area contributed by atoms with E-state index in [1.807, 2.05) is 6.07 Å². The van der Waals surface area contributed by atoms with Gasteiger partial charge in [-0.25, -0.2) is 21.6 Å². The first kappa shape index (κ1) is 31.2. The average molecular weight is 616 g/mol. The minimum absolute atomic E-state index is 0.0696. The van der Waals surface area contributed by atoms with Crippen molar-refractivity contribution in [2.75, 3.05) is 36.3 Å². The van der Waals surface area contributed by atoms with Crippen molar-refractivity contribution in [2.45, 2.75) is 43.6 Å². The molecule has 224 valence electrons. The molecule has 0 spiro atoms. The second kappa shape index (κ2) is 12.6. The number of carbonyl (C=O) groups excluding carboxylic acids is 2. The molecule has 1 amide bonds. The molecule has 0 aromatic heterocycles. The van der Waals surface area contributed by atoms with Gasteiger partial charge in [-0.1, -0.05) is 18.2 Å². The third kappa shape index (κ3) is 7.16. The molecule has 0 bridgehead atoms. The van der Waals surface area contributed by atoms with Gasteiger partial charge in [0.1, 0.15) is 0 Å². The molecule has 1 saturated heterocycles. The van der Waals surface area contributed by atoms with Crippen molar-refractivity contribution in [1.29, 1.82) is 0 Å². The number of nitrogens with one attached hydrogen (secondary N) is 2. The van der Waals surface area contributed by atoms with Gasteiger partial charge in [-0.15, -0.1) is 0 Å². The summed E-state index contributed by atoms with van der Waals surface area (Å²) in [7, 11) is -7.63. The number of amides is 1. The van der Waals surface area contributed by atoms with Gasteiger partial charge in [-0.2, -0.15) is 4.31 Å². The quantitative estimate of drug-likeness (QED) is 0.347. The molecule has 3 aromatic rings. The van der Waals surface area contributed by atoms with Crippen molar-refractivity contribution in [3.8, 4) is 0 Å². The highest BCUT2D eigenvalue weighted by molar-refractivity contribution is 7.92. The molecule has 1 aliphatic heterocycles. The molecule has 3 aromatic carbocycles. The highest BCUT2D eigenvalue weighted by atomic mass is 32.2. The van der Waals surface area contributed by atoms with E-state index in [9.17, 15) is 26.4 Å². The van der Waals surface area contributed by atoms with Crippen LogP contribution in [0.25, 0.3) is 0 Å². The lowest BCUT2D eigenvalue weighted by Gasteiger charge is -2.27. The van der Waals surface area contributed by atoms with Crippen molar-refractivity contribution < 1.29 is 35.9 Å². The van der Waals surface area contributed by atoms with E-state index in [2.05, 4.69) is 10.0 Å². The fourth-order valence-corrected chi connectivity index (χ4v) is 7.34. The number of carbonyl (C=O) groups is 2. The summed E-state index contributed by atoms with van der Waals surface area (Å²) in [6.45, 7) is 7.66. The zero-order valence-corrected chi connectivity index (χ0v) is 25.3. The topological polar surface area (TPSA) is 148 Å². The summed E-state index contributed by atoms with van der Waals surface area (Å²) in [5.74, 6) is -1.44. The molecule has 11 nitrogen and oxygen atoms in total. The number of esters is 1. The lowest BCUT2D eigenvalue weighted by Crippen LogP contribution is -2.40. The molecule has 0 saturated carbocycles. The van der Waals surface area contributed by atoms with Crippen LogP contribution in [-0.4, -0.2) is 65.4 Å². The van der Waals surface area contributed by atoms with E-state index in [1.54, 1.807) is 45.0 Å². The van der Waals surface area contributed by atoms with E-state index in [0.29, 0.717) is 24.3 Å². The van der Waals surface area contributed by atoms with E-state index < -0.39 is 38.0 Å². The van der Waals surface area contributed by atoms with Crippen LogP contribution in [0.5, 0.6) is 0 Å². The Balaban J connectivity index is 1.39. The lowest BCUT2D eigenvalue weighted by atomic mass is 10.2. The maximum Gasteiger partial charge on any atom is 0.338 e. The Labute approximate surface area is 245 Å². The largest absolute Gasteiger partial charge is 0.449 e. The van der Waals surface area contributed by atoms with Crippen molar-refractivity contribution in [1.82, 2.24) is 4.31 Å². The normalized spacial score (nSPS) is 15.0. The summed E-state index contributed by atoms with van der Waals surface area (Å²) in [6.07, 6.45) is -1.21. The predicted molar refractivity (Wildman–Crippen MR) is 157 cm³/mol. The number of sulfonamides is 2. The maximum absolute atomic E-state index is 13.1. The summed E-state index contributed by atoms with van der Waals surface area (Å²) in [5.41, 5.74) is 2.53. The number of aryl methyl sites for hydroxylation is 3. The van der Waals surface area contributed by atoms with E-state index in [4.69, 9.17) is 9.47 Å². The molecule has 4 rings (SSSR count). The summed E-state index contributed by atoms with van der Waals surface area (Å²) in [6, 6.07) is 15.3. The van der Waals surface area contributed by atoms with Crippen LogP contribution in [0.2, 0.25) is 0 Å². The number of hydrogen-bond donors (Lipinski definition) is 2. The zero-order valence-electron chi connectivity index (χ0n) is 23.7. The van der Waals surface area contributed by atoms with Gasteiger partial charge < -0.3 is 14.8 Å². The summed E-state index contributed by atoms with van der Waals surface area (Å²) in [4.78, 5) is 25.7. The minimum atomic E-state index is -3.85. The molecule has 0 unspecified atom stereocenters. The SMILES string of the molecule is Cc1ccc(C)c(S(=O)(=O)Nc2ccc(C(=O)O[C@H](C)C(=O)Nc3ccc(C)c(S(=O)(=O)N4CCOCC4)c3)cc2)c1. The highest BCUT2D eigenvalue weighted by Gasteiger charge is 2.28. The van der Waals surface area contributed by atoms with Gasteiger partial charge in [0, 0.05) is 24.5 Å². The van der Waals surface area contributed by atoms with Gasteiger partial charge in [0.2, 0.25) is 10.0 Å². The number of benzene rings is 3. The van der Waals surface area contributed by atoms with Crippen LogP contribution < -0.4 is 10.0 Å². The molecule has 1 heterocycles. The fraction of sp³-hybridized carbons (Fsp3) is 0.310. The van der Waals surface area contributed by atoms with Gasteiger partial charge in [0.05, 0.1) is 28.6 Å². The molecule has 2 N–H and O–H groups in total. The van der Waals surface area contributed by atoms with Crippen molar-refractivity contribution in [3.05, 3.63) is 82.9 Å². The minimum Gasteiger partial charge on any atom is -0.449 e. The molecular weight excluding hydrogens is 582 g/mol. The van der Waals surface area contributed by atoms with Crippen LogP contribution >= 0.6 is 0 Å². The Morgan fingerprint density at radius 3 is 2.10 bits per heavy atom. The third-order valence-corrected chi connectivity index (χ3v) is 10.3. The molecular formula is C29H33N3O8S2. The number of anilines is 2. The molecule has 42 heavy (non-hydrogen) atoms. The van der Waals surface area contributed by atoms with E-state index in [0.717, 1.165) is 5.56 Å². The van der Waals surface area contributed by atoms with Gasteiger partial charge in [-0.05, 0) is 86.8 Å². The summed E-state index contributed by atoms with van der Waals surface area (Å²) in [5, 5.41) is 2.60. The second-order valence-corrected chi connectivity index (χ2v) is 13.5. The van der Waals surface area contributed by atoms with Gasteiger partial charge in [0.15, 0.2) is 6.10 Å². The Hall–Kier alpha value is -3.78. The molecule has 13 heteroatoms. The average Bonchev–Trinajstić information content (AvgIpc) is 2.95. The Morgan fingerprint density at radius 1 is 0.833 bits per heavy atom. The van der Waals surface area contributed by atoms with Gasteiger partial charge in [-0.3, -0.25) is 9.52 Å². The number of rotatable bonds is 9. The Morgan fingerprint density at radius 2 is 1.43 bits per heavy atom. The van der Waals surface area contributed by atoms with Crippen LogP contribution in [0.3, 0.4) is 0 Å². The third-order valence-electron chi connectivity index (χ3n) is 6.70. The highest BCUT2D eigenvalue weighted by Crippen LogP contribution is 2.25. The molecule has 0 radical (unpaired) electrons. The van der Waals surface area contributed by atoms with Crippen LogP contribution in [-0.2, 0) is 34.3 Å². The monoisotopic (exact) mass is 615 g/mol. The van der Waals surface area contributed by atoms with Gasteiger partial charge in [0.25, 0.3) is 15.9 Å². The van der Waals surface area contributed by atoms with Crippen LogP contribution in [0.4, 0.5) is 11.4 Å². The summed E-state index contributed by atoms with van der Waals surface area (Å²) < 4.78 is 66.4. The van der Waals surface area contributed by atoms with Crippen LogP contribution in [0, 0.1) is 20.8 Å². The second-order valence-electron chi connectivity index (χ2n) is 9.99. The van der Waals surface area contributed by atoms with Crippen molar-refractivity contribution >= 4 is 43.3 Å². The smallest absolute Gasteiger partial charge is 0.338 e. The predicted octanol–water partition coefficient (Wildman–Crippen LogP) is 3.62. The number of morpholine rings is 1. The van der Waals surface area contributed by atoms with Gasteiger partial charge >= 0.3 is 5.97 Å². The fourth-order valence-electron chi connectivity index (χ4n) is 4.29. The first-order chi connectivity index (χ1) is 19.8. The van der Waals surface area contributed by atoms with Crippen LogP contribution in [0.15, 0.2) is 70.5 Å². The lowest BCUT2D eigenvalue weighted by molar-refractivity contribution is -0.123. The maximum atomic E-state index is 13.1. The molecule has 0 aliphatic carbocycles. The molecule has 1 fully saturated rings. The Bertz CT molecular complexity index is 1700. The van der Waals surface area contributed by atoms with Crippen molar-refractivity contribution in [3.63, 3.8) is 0 Å². The van der Waals surface area contributed by atoms with E-state index >= 15 is 0 Å². The first-order valence-corrected chi connectivity index (χ1v) is 16.1. The zero-order chi connectivity index (χ0) is 30.7. The molecule has 1 aliphatic rings. The summed E-state index contributed by atoms with van der Waals surface area (Å²) >= 11 is 0. The van der Waals surface area contributed by atoms with Crippen molar-refractivity contribution in [2.24, 2.45) is 0 Å². The Kier molecular flexibility index (Phi) is 9.36. The number of nitrogens with zero attached hydrogens (tertiary/aromatic N) is 1.